The number of para-hydroxylation sites is 2. The average Bonchev–Trinajstić information content (AvgIpc) is 3.41. The third-order valence-corrected chi connectivity index (χ3v) is 11.5. The van der Waals surface area contributed by atoms with Crippen LogP contribution in [0.1, 0.15) is 52.6 Å². The summed E-state index contributed by atoms with van der Waals surface area (Å²) in [6.45, 7) is 14.0. The first-order valence-corrected chi connectivity index (χ1v) is 32.5. The zero-order valence-corrected chi connectivity index (χ0v) is 52.6. The number of nitrogens with zero attached hydrogens (tertiary/aromatic N) is 4. The molecule has 404 valence electrons. The number of nitrogens with two attached hydrogens (primary N) is 1. The number of pyridine rings is 1. The summed E-state index contributed by atoms with van der Waals surface area (Å²) in [5.74, 6) is 4.35. The van der Waals surface area contributed by atoms with Crippen molar-refractivity contribution >= 4 is 92.0 Å². The first-order valence-electron chi connectivity index (χ1n) is 22.7. The second kappa shape index (κ2) is 34.9. The van der Waals surface area contributed by atoms with Gasteiger partial charge in [0.15, 0.2) is 46.0 Å². The predicted octanol–water partition coefficient (Wildman–Crippen LogP) is 12.4. The molecule has 0 saturated carbocycles. The Bertz CT molecular complexity index is 2760. The van der Waals surface area contributed by atoms with Gasteiger partial charge in [-0.3, -0.25) is 9.59 Å². The van der Waals surface area contributed by atoms with Gasteiger partial charge in [0, 0.05) is 49.9 Å². The van der Waals surface area contributed by atoms with Gasteiger partial charge in [0.05, 0.1) is 68.9 Å². The summed E-state index contributed by atoms with van der Waals surface area (Å²) in [7, 11) is 22.4. The van der Waals surface area contributed by atoms with Gasteiger partial charge in [-0.15, -0.1) is 0 Å². The Morgan fingerprint density at radius 1 is 0.627 bits per heavy atom. The molecule has 6 rings (SSSR count). The van der Waals surface area contributed by atoms with E-state index in [2.05, 4.69) is 88.4 Å². The van der Waals surface area contributed by atoms with E-state index in [0.717, 1.165) is 16.9 Å². The molecule has 0 unspecified atom stereocenters. The maximum absolute atomic E-state index is 12.3. The first kappa shape index (κ1) is 65.6. The van der Waals surface area contributed by atoms with Crippen molar-refractivity contribution in [2.45, 2.75) is 34.6 Å². The molecule has 0 radical (unpaired) electrons. The molecular weight excluding hydrogens is 1220 g/mol. The molecule has 0 aliphatic carbocycles. The van der Waals surface area contributed by atoms with Gasteiger partial charge < -0.3 is 64.5 Å². The van der Waals surface area contributed by atoms with Crippen LogP contribution in [0.15, 0.2) is 88.1 Å². The van der Waals surface area contributed by atoms with Crippen molar-refractivity contribution in [1.29, 1.82) is 0 Å². The van der Waals surface area contributed by atoms with E-state index in [1.165, 1.54) is 40.1 Å². The molecule has 0 fully saturated rings. The van der Waals surface area contributed by atoms with Gasteiger partial charge in [0.25, 0.3) is 11.8 Å². The van der Waals surface area contributed by atoms with Crippen molar-refractivity contribution < 1.29 is 62.6 Å². The van der Waals surface area contributed by atoms with E-state index in [9.17, 15) is 9.59 Å². The SMILES string of the molecule is CCN(CC)CC.CNC(=O)c1cccc(OC)c1Oc1cc(Cl)ncc1Br.CNC(=O)c1cccc(OC)c1Oc1nc(Nc2cc(C)c(OC)c(OC)c2)ncc1Br.COc1cc(N)cc(C)c1OC.[Cl][Zn][Cl]. The second-order valence-corrected chi connectivity index (χ2v) is 21.5. The van der Waals surface area contributed by atoms with Crippen molar-refractivity contribution in [3.8, 4) is 57.6 Å². The number of hydrogen-bond donors (Lipinski definition) is 4. The van der Waals surface area contributed by atoms with Crippen molar-refractivity contribution in [3.05, 3.63) is 115 Å². The van der Waals surface area contributed by atoms with E-state index in [-0.39, 0.29) is 34.5 Å². The number of anilines is 3. The quantitative estimate of drug-likeness (QED) is 0.0380. The number of benzene rings is 4. The van der Waals surface area contributed by atoms with Crippen LogP contribution < -0.4 is 59.6 Å². The van der Waals surface area contributed by atoms with Crippen LogP contribution in [0.3, 0.4) is 0 Å². The Morgan fingerprint density at radius 3 is 1.55 bits per heavy atom. The van der Waals surface area contributed by atoms with Crippen LogP contribution in [0.4, 0.5) is 17.3 Å². The summed E-state index contributed by atoms with van der Waals surface area (Å²) in [6.07, 6.45) is 3.07. The Kier molecular flexibility index (Phi) is 30.5. The van der Waals surface area contributed by atoms with Crippen LogP contribution in [0.5, 0.6) is 57.6 Å². The first-order chi connectivity index (χ1) is 35.9. The van der Waals surface area contributed by atoms with Crippen LogP contribution in [0.2, 0.25) is 5.15 Å². The number of carbonyl (C=O) groups is 2. The molecule has 75 heavy (non-hydrogen) atoms. The van der Waals surface area contributed by atoms with E-state index in [4.69, 9.17) is 74.6 Å². The molecule has 18 nitrogen and oxygen atoms in total. The Morgan fingerprint density at radius 2 is 1.09 bits per heavy atom. The molecule has 0 bridgehead atoms. The second-order valence-electron chi connectivity index (χ2n) is 14.8. The number of nitrogen functional groups attached to an aromatic ring is 1. The standard InChI is InChI=1S/C22H23BrN4O5.C14H12BrClN2O3.C9H13NO2.C6H15N.2ClH.Zn/c1-12-9-13(10-17(30-4)18(12)31-5)26-22-25-11-15(23)21(27-22)32-19-14(20(28)24-2)7-6-8-16(19)29-3;1-17-14(19)8-4-3-5-10(20-2)13(8)21-11-6-12(16)18-7-9(11)15;1-6-4-7(10)5-8(11-2)9(6)12-3;1-4-7(5-2)6-3;;;/h6-11H,1-5H3,(H,24,28)(H,25,26,27);3-7H,1-2H3,(H,17,19);4-5H,10H2,1-3H3;4-6H2,1-3H3;2*1H;/q;;;;;;+2/p-2. The summed E-state index contributed by atoms with van der Waals surface area (Å²) in [5.41, 5.74) is 9.54. The molecule has 24 heteroatoms. The Hall–Kier alpha value is -5.54. The maximum atomic E-state index is 12.3. The summed E-state index contributed by atoms with van der Waals surface area (Å²) in [6, 6.07) is 18.9. The number of amides is 2. The number of halogens is 5. The molecule has 0 aliphatic rings. The van der Waals surface area contributed by atoms with Gasteiger partial charge in [0.2, 0.25) is 11.8 Å². The number of nitrogens with one attached hydrogen (secondary N) is 3. The van der Waals surface area contributed by atoms with Crippen molar-refractivity contribution in [2.75, 3.05) is 87.4 Å². The molecule has 4 aromatic carbocycles. The van der Waals surface area contributed by atoms with Crippen LogP contribution in [-0.2, 0) is 15.1 Å². The Labute approximate surface area is 476 Å². The van der Waals surface area contributed by atoms with Crippen LogP contribution >= 0.6 is 62.8 Å². The molecule has 0 atom stereocenters. The van der Waals surface area contributed by atoms with E-state index >= 15 is 0 Å². The number of ether oxygens (including phenoxy) is 8. The van der Waals surface area contributed by atoms with Gasteiger partial charge in [-0.1, -0.05) is 44.5 Å². The number of aromatic nitrogens is 3. The normalized spacial score (nSPS) is 9.85. The molecule has 2 aromatic heterocycles. The van der Waals surface area contributed by atoms with Crippen LogP contribution in [-0.4, -0.2) is 108 Å². The number of methoxy groups -OCH3 is 6. The number of aryl methyl sites for hydroxylation is 2. The van der Waals surface area contributed by atoms with Gasteiger partial charge >= 0.3 is 34.5 Å². The summed E-state index contributed by atoms with van der Waals surface area (Å²) >= 11 is 11.7. The summed E-state index contributed by atoms with van der Waals surface area (Å²) in [4.78, 5) is 39.3. The van der Waals surface area contributed by atoms with Crippen molar-refractivity contribution in [3.63, 3.8) is 0 Å². The topological polar surface area (TPSA) is 212 Å². The molecule has 2 amide bonds. The van der Waals surface area contributed by atoms with Crippen molar-refractivity contribution in [2.24, 2.45) is 0 Å². The monoisotopic (exact) mass is 1270 g/mol. The van der Waals surface area contributed by atoms with E-state index in [0.29, 0.717) is 71.7 Å². The van der Waals surface area contributed by atoms with Gasteiger partial charge in [-0.2, -0.15) is 4.98 Å². The third kappa shape index (κ3) is 20.2. The Balaban J connectivity index is 0.000000381. The minimum atomic E-state index is -0.931. The molecular formula is C51H63Br2Cl3N8O10Zn. The number of carbonyl (C=O) groups excluding carboxylic acids is 2. The zero-order chi connectivity index (χ0) is 56.2. The number of hydrogen-bond acceptors (Lipinski definition) is 16. The fourth-order valence-corrected chi connectivity index (χ4v) is 7.28. The molecule has 6 aromatic rings. The van der Waals surface area contributed by atoms with Crippen LogP contribution in [0.25, 0.3) is 0 Å². The van der Waals surface area contributed by atoms with E-state index < -0.39 is 15.1 Å². The molecule has 0 saturated heterocycles. The van der Waals surface area contributed by atoms with E-state index in [1.54, 1.807) is 103 Å². The fourth-order valence-electron chi connectivity index (χ4n) is 6.56. The predicted molar refractivity (Wildman–Crippen MR) is 301 cm³/mol. The average molecular weight is 1280 g/mol. The fraction of sp³-hybridized carbons (Fsp3) is 0.314. The molecule has 5 N–H and O–H groups in total. The summed E-state index contributed by atoms with van der Waals surface area (Å²) < 4.78 is 44.6. The minimum absolute atomic E-state index is 0.203. The molecule has 2 heterocycles. The van der Waals surface area contributed by atoms with Crippen LogP contribution in [0, 0.1) is 13.8 Å². The molecule has 0 aliphatic heterocycles. The third-order valence-electron chi connectivity index (χ3n) is 10.2. The summed E-state index contributed by atoms with van der Waals surface area (Å²) in [5, 5.41) is 8.56. The van der Waals surface area contributed by atoms with Gasteiger partial charge in [-0.05, 0) is 113 Å². The zero-order valence-electron chi connectivity index (χ0n) is 44.2. The van der Waals surface area contributed by atoms with Gasteiger partial charge in [-0.25, -0.2) is 9.97 Å². The van der Waals surface area contributed by atoms with Crippen molar-refractivity contribution in [1.82, 2.24) is 30.5 Å². The number of rotatable bonds is 17. The molecule has 0 spiro atoms. The van der Waals surface area contributed by atoms with Gasteiger partial charge in [0.1, 0.15) is 10.9 Å². The van der Waals surface area contributed by atoms with E-state index in [1.807, 2.05) is 26.0 Å².